The number of hydrogen-bond acceptors (Lipinski definition) is 4. The molecule has 1 unspecified atom stereocenters. The van der Waals surface area contributed by atoms with Gasteiger partial charge in [0.05, 0.1) is 0 Å². The molecule has 30 heavy (non-hydrogen) atoms. The van der Waals surface area contributed by atoms with E-state index in [-0.39, 0.29) is 25.1 Å². The minimum absolute atomic E-state index is 0.0613. The van der Waals surface area contributed by atoms with Crippen molar-refractivity contribution in [2.75, 3.05) is 13.2 Å². The highest BCUT2D eigenvalue weighted by Crippen LogP contribution is 2.44. The van der Waals surface area contributed by atoms with Gasteiger partial charge in [-0.2, -0.15) is 0 Å². The van der Waals surface area contributed by atoms with Crippen LogP contribution in [0.25, 0.3) is 11.1 Å². The van der Waals surface area contributed by atoms with Crippen LogP contribution in [0, 0.1) is 0 Å². The Labute approximate surface area is 174 Å². The van der Waals surface area contributed by atoms with Gasteiger partial charge < -0.3 is 20.1 Å². The third kappa shape index (κ3) is 3.87. The number of carbonyl (C=O) groups is 3. The van der Waals surface area contributed by atoms with Crippen LogP contribution in [0.4, 0.5) is 4.79 Å². The molecule has 2 amide bonds. The summed E-state index contributed by atoms with van der Waals surface area (Å²) in [5.74, 6) is -1.54. The van der Waals surface area contributed by atoms with Crippen LogP contribution in [0.1, 0.15) is 36.8 Å². The van der Waals surface area contributed by atoms with Crippen LogP contribution in [-0.2, 0) is 14.3 Å². The molecule has 2 aliphatic carbocycles. The highest BCUT2D eigenvalue weighted by Gasteiger charge is 2.38. The predicted octanol–water partition coefficient (Wildman–Crippen LogP) is 2.99. The highest BCUT2D eigenvalue weighted by atomic mass is 16.5. The summed E-state index contributed by atoms with van der Waals surface area (Å²) in [5, 5.41) is 11.7. The average Bonchev–Trinajstić information content (AvgIpc) is 3.53. The summed E-state index contributed by atoms with van der Waals surface area (Å²) in [6, 6.07) is 15.1. The smallest absolute Gasteiger partial charge is 0.407 e. The molecular weight excluding hydrogens is 384 g/mol. The van der Waals surface area contributed by atoms with Crippen LogP contribution in [0.5, 0.6) is 0 Å². The third-order valence-corrected chi connectivity index (χ3v) is 5.73. The van der Waals surface area contributed by atoms with Gasteiger partial charge in [-0.25, -0.2) is 9.59 Å². The number of carbonyl (C=O) groups excluding carboxylic acids is 2. The number of amides is 2. The number of hydrogen-bond donors (Lipinski definition) is 2. The molecule has 0 heterocycles. The Morgan fingerprint density at radius 3 is 2.17 bits per heavy atom. The highest BCUT2D eigenvalue weighted by molar-refractivity contribution is 5.87. The van der Waals surface area contributed by atoms with Crippen LogP contribution in [0.15, 0.2) is 48.5 Å². The number of nitrogens with one attached hydrogen (secondary N) is 1. The quantitative estimate of drug-likeness (QED) is 0.734. The zero-order chi connectivity index (χ0) is 21.3. The van der Waals surface area contributed by atoms with Crippen molar-refractivity contribution in [3.63, 3.8) is 0 Å². The summed E-state index contributed by atoms with van der Waals surface area (Å²) in [4.78, 5) is 37.3. The number of carboxylic acid groups (broad SMARTS) is 1. The van der Waals surface area contributed by atoms with Crippen LogP contribution in [0.3, 0.4) is 0 Å². The molecule has 0 spiro atoms. The first kappa shape index (κ1) is 19.9. The molecule has 0 radical (unpaired) electrons. The van der Waals surface area contributed by atoms with E-state index in [0.29, 0.717) is 0 Å². The van der Waals surface area contributed by atoms with Crippen molar-refractivity contribution in [3.8, 4) is 11.1 Å². The first-order valence-corrected chi connectivity index (χ1v) is 10.1. The molecule has 4 rings (SSSR count). The maximum Gasteiger partial charge on any atom is 0.407 e. The fourth-order valence-electron chi connectivity index (χ4n) is 4.10. The van der Waals surface area contributed by atoms with Gasteiger partial charge in [-0.15, -0.1) is 0 Å². The van der Waals surface area contributed by atoms with E-state index >= 15 is 0 Å². The summed E-state index contributed by atoms with van der Waals surface area (Å²) in [7, 11) is 0. The van der Waals surface area contributed by atoms with Gasteiger partial charge in [0.2, 0.25) is 5.91 Å². The monoisotopic (exact) mass is 408 g/mol. The Morgan fingerprint density at radius 1 is 1.07 bits per heavy atom. The molecular formula is C23H24N2O5. The fraction of sp³-hybridized carbons (Fsp3) is 0.348. The average molecular weight is 408 g/mol. The number of aliphatic carboxylic acids is 1. The molecule has 2 aliphatic rings. The van der Waals surface area contributed by atoms with Crippen molar-refractivity contribution in [1.82, 2.24) is 10.2 Å². The van der Waals surface area contributed by atoms with E-state index in [0.717, 1.165) is 35.1 Å². The van der Waals surface area contributed by atoms with Crippen LogP contribution < -0.4 is 5.32 Å². The van der Waals surface area contributed by atoms with E-state index in [1.807, 2.05) is 36.4 Å². The molecule has 1 saturated carbocycles. The molecule has 0 saturated heterocycles. The van der Waals surface area contributed by atoms with Gasteiger partial charge in [0, 0.05) is 12.0 Å². The van der Waals surface area contributed by atoms with Gasteiger partial charge in [-0.3, -0.25) is 4.79 Å². The minimum Gasteiger partial charge on any atom is -0.480 e. The lowest BCUT2D eigenvalue weighted by Crippen LogP contribution is -2.48. The summed E-state index contributed by atoms with van der Waals surface area (Å²) in [6.07, 6.45) is 0.881. The van der Waals surface area contributed by atoms with E-state index in [1.54, 1.807) is 0 Å². The molecule has 2 aromatic rings. The van der Waals surface area contributed by atoms with Gasteiger partial charge >= 0.3 is 12.1 Å². The number of nitrogens with zero attached hydrogens (tertiary/aromatic N) is 1. The zero-order valence-electron chi connectivity index (χ0n) is 16.7. The topological polar surface area (TPSA) is 95.9 Å². The second-order valence-corrected chi connectivity index (χ2v) is 7.73. The molecule has 1 fully saturated rings. The first-order valence-electron chi connectivity index (χ1n) is 10.1. The van der Waals surface area contributed by atoms with Gasteiger partial charge in [0.15, 0.2) is 0 Å². The number of alkyl carbamates (subject to hydrolysis) is 1. The van der Waals surface area contributed by atoms with Gasteiger partial charge in [0.25, 0.3) is 0 Å². The number of carboxylic acids is 1. The largest absolute Gasteiger partial charge is 0.480 e. The van der Waals surface area contributed by atoms with Crippen LogP contribution >= 0.6 is 0 Å². The number of fused-ring (bicyclic) bond motifs is 3. The standard InChI is InChI=1S/C23H24N2O5/c1-14(22(27)28)25(15-10-11-15)21(26)12-24-23(29)30-13-20-18-8-4-2-6-16(18)17-7-3-5-9-19(17)20/h2-9,14-15,20H,10-13H2,1H3,(H,24,29)(H,27,28). The Balaban J connectivity index is 1.35. The van der Waals surface area contributed by atoms with E-state index in [2.05, 4.69) is 17.4 Å². The molecule has 0 aromatic heterocycles. The van der Waals surface area contributed by atoms with Crippen molar-refractivity contribution < 1.29 is 24.2 Å². The van der Waals surface area contributed by atoms with Crippen LogP contribution in [-0.4, -0.2) is 53.2 Å². The molecule has 0 bridgehead atoms. The number of rotatable bonds is 7. The predicted molar refractivity (Wildman–Crippen MR) is 110 cm³/mol. The first-order chi connectivity index (χ1) is 14.5. The Kier molecular flexibility index (Phi) is 5.44. The molecule has 2 aromatic carbocycles. The molecule has 7 heteroatoms. The van der Waals surface area contributed by atoms with Gasteiger partial charge in [-0.05, 0) is 42.0 Å². The maximum atomic E-state index is 12.5. The summed E-state index contributed by atoms with van der Waals surface area (Å²) < 4.78 is 5.42. The van der Waals surface area contributed by atoms with Crippen molar-refractivity contribution >= 4 is 18.0 Å². The van der Waals surface area contributed by atoms with E-state index in [1.165, 1.54) is 11.8 Å². The van der Waals surface area contributed by atoms with E-state index in [4.69, 9.17) is 4.74 Å². The lowest BCUT2D eigenvalue weighted by molar-refractivity contribution is -0.149. The van der Waals surface area contributed by atoms with Gasteiger partial charge in [-0.1, -0.05) is 48.5 Å². The number of ether oxygens (including phenoxy) is 1. The second kappa shape index (κ2) is 8.18. The van der Waals surface area contributed by atoms with Crippen molar-refractivity contribution in [2.45, 2.75) is 37.8 Å². The summed E-state index contributed by atoms with van der Waals surface area (Å²) >= 11 is 0. The fourth-order valence-corrected chi connectivity index (χ4v) is 4.10. The Bertz CT molecular complexity index is 940. The zero-order valence-corrected chi connectivity index (χ0v) is 16.7. The lowest BCUT2D eigenvalue weighted by atomic mass is 9.98. The minimum atomic E-state index is -1.06. The van der Waals surface area contributed by atoms with E-state index in [9.17, 15) is 19.5 Å². The third-order valence-electron chi connectivity index (χ3n) is 5.73. The maximum absolute atomic E-state index is 12.5. The number of benzene rings is 2. The molecule has 1 atom stereocenters. The lowest BCUT2D eigenvalue weighted by Gasteiger charge is -2.26. The van der Waals surface area contributed by atoms with E-state index < -0.39 is 24.0 Å². The van der Waals surface area contributed by atoms with Gasteiger partial charge in [0.1, 0.15) is 19.2 Å². The molecule has 0 aliphatic heterocycles. The van der Waals surface area contributed by atoms with Crippen molar-refractivity contribution in [3.05, 3.63) is 59.7 Å². The molecule has 7 nitrogen and oxygen atoms in total. The van der Waals surface area contributed by atoms with Crippen molar-refractivity contribution in [1.29, 1.82) is 0 Å². The SMILES string of the molecule is CC(C(=O)O)N(C(=O)CNC(=O)OCC1c2ccccc2-c2ccccc21)C1CC1. The van der Waals surface area contributed by atoms with Crippen LogP contribution in [0.2, 0.25) is 0 Å². The normalized spacial score (nSPS) is 15.6. The summed E-state index contributed by atoms with van der Waals surface area (Å²) in [6.45, 7) is 1.35. The molecule has 2 N–H and O–H groups in total. The molecule has 156 valence electrons. The Hall–Kier alpha value is -3.35. The van der Waals surface area contributed by atoms with Crippen molar-refractivity contribution in [2.24, 2.45) is 0 Å². The Morgan fingerprint density at radius 2 is 1.63 bits per heavy atom. The second-order valence-electron chi connectivity index (χ2n) is 7.73. The summed E-state index contributed by atoms with van der Waals surface area (Å²) in [5.41, 5.74) is 4.50.